The molecule has 0 N–H and O–H groups in total. The Hall–Kier alpha value is -2.00. The van der Waals surface area contributed by atoms with Gasteiger partial charge >= 0.3 is 0 Å². The summed E-state index contributed by atoms with van der Waals surface area (Å²) in [6, 6.07) is 7.35. The molecule has 3 aromatic rings. The molecule has 0 fully saturated rings. The highest BCUT2D eigenvalue weighted by Crippen LogP contribution is 2.22. The van der Waals surface area contributed by atoms with E-state index in [0.717, 1.165) is 30.9 Å². The minimum Gasteiger partial charge on any atom is -0.229 e. The molecule has 0 aliphatic rings. The third-order valence-corrected chi connectivity index (χ3v) is 4.34. The Bertz CT molecular complexity index is 753. The quantitative estimate of drug-likeness (QED) is 0.604. The maximum atomic E-state index is 5.91. The highest BCUT2D eigenvalue weighted by Gasteiger charge is 2.12. The molecule has 10 heteroatoms. The topological polar surface area (TPSA) is 87.2 Å². The number of hydrogen-bond donors (Lipinski definition) is 0. The van der Waals surface area contributed by atoms with Crippen LogP contribution in [0.3, 0.4) is 0 Å². The van der Waals surface area contributed by atoms with Gasteiger partial charge in [-0.3, -0.25) is 0 Å². The van der Waals surface area contributed by atoms with Gasteiger partial charge in [0.25, 0.3) is 0 Å². The van der Waals surface area contributed by atoms with E-state index in [0.29, 0.717) is 15.9 Å². The van der Waals surface area contributed by atoms with E-state index in [1.807, 2.05) is 16.8 Å². The number of thioether (sulfide) groups is 1. The molecule has 0 bridgehead atoms. The van der Waals surface area contributed by atoms with Crippen LogP contribution >= 0.6 is 23.4 Å². The van der Waals surface area contributed by atoms with Crippen molar-refractivity contribution in [3.63, 3.8) is 0 Å². The van der Waals surface area contributed by atoms with E-state index < -0.39 is 0 Å². The minimum atomic E-state index is 0.602. The molecule has 3 rings (SSSR count). The molecule has 0 aliphatic carbocycles. The van der Waals surface area contributed by atoms with Crippen molar-refractivity contribution < 1.29 is 0 Å². The van der Waals surface area contributed by atoms with Crippen LogP contribution in [0.1, 0.15) is 25.6 Å². The Morgan fingerprint density at radius 1 is 1.09 bits per heavy atom. The summed E-state index contributed by atoms with van der Waals surface area (Å²) in [6.07, 6.45) is 2.15. The summed E-state index contributed by atoms with van der Waals surface area (Å²) >= 11 is 7.40. The smallest absolute Gasteiger partial charge is 0.214 e. The van der Waals surface area contributed by atoms with Gasteiger partial charge in [-0.25, -0.2) is 4.68 Å². The monoisotopic (exact) mass is 350 g/mol. The van der Waals surface area contributed by atoms with Gasteiger partial charge in [-0.2, -0.15) is 4.68 Å². The Kier molecular flexibility index (Phi) is 5.19. The molecule has 0 aliphatic heterocycles. The van der Waals surface area contributed by atoms with Crippen molar-refractivity contribution >= 4 is 23.4 Å². The lowest BCUT2D eigenvalue weighted by Gasteiger charge is -2.05. The summed E-state index contributed by atoms with van der Waals surface area (Å²) in [5.74, 6) is 1.42. The first-order valence-electron chi connectivity index (χ1n) is 7.20. The standard InChI is InChI=1S/C13H15ClN8S/c1-2-3-8-21-12(15-17-19-21)9-23-13-16-18-20-22(13)11-6-4-10(14)5-7-11/h4-7H,2-3,8-9H2,1H3. The Labute approximate surface area is 142 Å². The Morgan fingerprint density at radius 2 is 1.87 bits per heavy atom. The van der Waals surface area contributed by atoms with Gasteiger partial charge in [0.05, 0.1) is 11.4 Å². The molecule has 2 aromatic heterocycles. The summed E-state index contributed by atoms with van der Waals surface area (Å²) in [5, 5.41) is 25.0. The number of benzene rings is 1. The summed E-state index contributed by atoms with van der Waals surface area (Å²) in [5.41, 5.74) is 0.854. The van der Waals surface area contributed by atoms with Gasteiger partial charge in [0.2, 0.25) is 5.16 Å². The van der Waals surface area contributed by atoms with Gasteiger partial charge in [0.15, 0.2) is 5.82 Å². The molecular weight excluding hydrogens is 336 g/mol. The van der Waals surface area contributed by atoms with Crippen LogP contribution in [0.15, 0.2) is 29.4 Å². The summed E-state index contributed by atoms with van der Waals surface area (Å²) in [4.78, 5) is 0. The SMILES string of the molecule is CCCCn1nnnc1CSc1nnnn1-c1ccc(Cl)cc1. The lowest BCUT2D eigenvalue weighted by Crippen LogP contribution is -2.05. The molecule has 0 saturated heterocycles. The average molecular weight is 351 g/mol. The van der Waals surface area contributed by atoms with E-state index in [4.69, 9.17) is 11.6 Å². The van der Waals surface area contributed by atoms with Crippen LogP contribution in [0, 0.1) is 0 Å². The summed E-state index contributed by atoms with van der Waals surface area (Å²) in [7, 11) is 0. The van der Waals surface area contributed by atoms with Gasteiger partial charge < -0.3 is 0 Å². The zero-order valence-corrected chi connectivity index (χ0v) is 14.1. The van der Waals surface area contributed by atoms with E-state index >= 15 is 0 Å². The number of unbranched alkanes of at least 4 members (excludes halogenated alkanes) is 1. The maximum Gasteiger partial charge on any atom is 0.214 e. The molecule has 8 nitrogen and oxygen atoms in total. The molecule has 0 spiro atoms. The van der Waals surface area contributed by atoms with Gasteiger partial charge in [0.1, 0.15) is 0 Å². The average Bonchev–Trinajstić information content (AvgIpc) is 3.20. The number of halogens is 1. The van der Waals surface area contributed by atoms with Gasteiger partial charge in [0, 0.05) is 11.6 Å². The molecule has 23 heavy (non-hydrogen) atoms. The number of aromatic nitrogens is 8. The van der Waals surface area contributed by atoms with Gasteiger partial charge in [-0.05, 0) is 51.5 Å². The predicted octanol–water partition coefficient (Wildman–Crippen LogP) is 2.39. The summed E-state index contributed by atoms with van der Waals surface area (Å²) in [6.45, 7) is 2.96. The number of tetrazole rings is 2. The van der Waals surface area contributed by atoms with E-state index in [-0.39, 0.29) is 0 Å². The van der Waals surface area contributed by atoms with E-state index in [9.17, 15) is 0 Å². The highest BCUT2D eigenvalue weighted by atomic mass is 35.5. The van der Waals surface area contributed by atoms with Crippen LogP contribution in [-0.2, 0) is 12.3 Å². The molecule has 0 saturated carbocycles. The van der Waals surface area contributed by atoms with Crippen LogP contribution < -0.4 is 0 Å². The third kappa shape index (κ3) is 3.85. The molecule has 0 atom stereocenters. The third-order valence-electron chi connectivity index (χ3n) is 3.17. The van der Waals surface area contributed by atoms with Crippen LogP contribution in [0.25, 0.3) is 5.69 Å². The van der Waals surface area contributed by atoms with Crippen molar-refractivity contribution in [1.82, 2.24) is 40.4 Å². The fraction of sp³-hybridized carbons (Fsp3) is 0.385. The van der Waals surface area contributed by atoms with Gasteiger partial charge in [-0.1, -0.05) is 36.7 Å². The molecule has 1 aromatic carbocycles. The fourth-order valence-corrected chi connectivity index (χ4v) is 2.90. The van der Waals surface area contributed by atoms with E-state index in [2.05, 4.69) is 38.0 Å². The second-order valence-electron chi connectivity index (χ2n) is 4.81. The van der Waals surface area contributed by atoms with Crippen LogP contribution in [0.4, 0.5) is 0 Å². The maximum absolute atomic E-state index is 5.91. The van der Waals surface area contributed by atoms with Crippen molar-refractivity contribution in [3.8, 4) is 5.69 Å². The zero-order chi connectivity index (χ0) is 16.1. The van der Waals surface area contributed by atoms with Crippen molar-refractivity contribution in [1.29, 1.82) is 0 Å². The van der Waals surface area contributed by atoms with Crippen molar-refractivity contribution in [2.24, 2.45) is 0 Å². The molecule has 0 amide bonds. The number of rotatable bonds is 7. The van der Waals surface area contributed by atoms with Crippen molar-refractivity contribution in [2.75, 3.05) is 0 Å². The molecular formula is C13H15ClN8S. The molecule has 0 radical (unpaired) electrons. The van der Waals surface area contributed by atoms with Crippen molar-refractivity contribution in [3.05, 3.63) is 35.1 Å². The van der Waals surface area contributed by atoms with Crippen LogP contribution in [-0.4, -0.2) is 40.4 Å². The zero-order valence-electron chi connectivity index (χ0n) is 12.5. The largest absolute Gasteiger partial charge is 0.229 e. The Morgan fingerprint density at radius 3 is 2.65 bits per heavy atom. The first-order chi connectivity index (χ1) is 11.3. The number of hydrogen-bond acceptors (Lipinski definition) is 7. The summed E-state index contributed by atoms with van der Waals surface area (Å²) < 4.78 is 3.49. The first kappa shape index (κ1) is 15.9. The number of aryl methyl sites for hydroxylation is 1. The Balaban J connectivity index is 1.71. The van der Waals surface area contributed by atoms with E-state index in [1.54, 1.807) is 16.8 Å². The highest BCUT2D eigenvalue weighted by molar-refractivity contribution is 7.98. The minimum absolute atomic E-state index is 0.602. The normalized spacial score (nSPS) is 11.0. The fourth-order valence-electron chi connectivity index (χ4n) is 1.95. The molecule has 0 unspecified atom stereocenters. The van der Waals surface area contributed by atoms with Crippen LogP contribution in [0.5, 0.6) is 0 Å². The van der Waals surface area contributed by atoms with E-state index in [1.165, 1.54) is 11.8 Å². The van der Waals surface area contributed by atoms with Crippen LogP contribution in [0.2, 0.25) is 5.02 Å². The number of nitrogens with zero attached hydrogens (tertiary/aromatic N) is 8. The van der Waals surface area contributed by atoms with Gasteiger partial charge in [-0.15, -0.1) is 10.2 Å². The second kappa shape index (κ2) is 7.51. The molecule has 120 valence electrons. The second-order valence-corrected chi connectivity index (χ2v) is 6.19. The predicted molar refractivity (Wildman–Crippen MR) is 86.5 cm³/mol. The molecule has 2 heterocycles. The van der Waals surface area contributed by atoms with Crippen molar-refractivity contribution in [2.45, 2.75) is 37.2 Å². The lowest BCUT2D eigenvalue weighted by atomic mass is 10.3. The first-order valence-corrected chi connectivity index (χ1v) is 8.56. The lowest BCUT2D eigenvalue weighted by molar-refractivity contribution is 0.540.